The molecule has 5 N–H and O–H groups in total. The molecule has 0 radical (unpaired) electrons. The Hall–Kier alpha value is -3.08. The van der Waals surface area contributed by atoms with Crippen molar-refractivity contribution in [3.63, 3.8) is 0 Å². The van der Waals surface area contributed by atoms with Crippen molar-refractivity contribution in [3.8, 4) is 0 Å². The quantitative estimate of drug-likeness (QED) is 0.197. The molecule has 1 heterocycles. The summed E-state index contributed by atoms with van der Waals surface area (Å²) < 4.78 is 0. The van der Waals surface area contributed by atoms with E-state index in [-0.39, 0.29) is 23.7 Å². The van der Waals surface area contributed by atoms with Crippen LogP contribution in [0.3, 0.4) is 0 Å². The van der Waals surface area contributed by atoms with Gasteiger partial charge in [-0.2, -0.15) is 0 Å². The minimum Gasteiger partial charge on any atom is -0.363 e. The number of nitrogens with two attached hydrogens (primary N) is 1. The molecule has 3 rings (SSSR count). The lowest BCUT2D eigenvalue weighted by Gasteiger charge is -2.37. The van der Waals surface area contributed by atoms with Crippen LogP contribution in [0.4, 0.5) is 4.79 Å². The van der Waals surface area contributed by atoms with Crippen LogP contribution in [-0.4, -0.2) is 64.0 Å². The van der Waals surface area contributed by atoms with E-state index >= 15 is 0 Å². The van der Waals surface area contributed by atoms with Crippen molar-refractivity contribution in [2.45, 2.75) is 103 Å². The summed E-state index contributed by atoms with van der Waals surface area (Å²) in [7, 11) is 0. The SMILES string of the molecule is CC(C)C1CCN(C(=O)[C@@H](NC(=O)NC(C)(C)SCc2ccccc2)C(C)(C)C)[C@@H]1C(=O)NC(CC1CC1)C(=O)C(N)=O. The number of carbonyl (C=O) groups is 5. The molecular weight excluding hydrogens is 566 g/mol. The molecule has 5 amide bonds. The number of likely N-dealkylation sites (tertiary alicyclic amines) is 1. The van der Waals surface area contributed by atoms with Crippen LogP contribution < -0.4 is 21.7 Å². The van der Waals surface area contributed by atoms with Gasteiger partial charge in [0.2, 0.25) is 17.6 Å². The molecule has 43 heavy (non-hydrogen) atoms. The number of amides is 5. The lowest BCUT2D eigenvalue weighted by atomic mass is 9.84. The van der Waals surface area contributed by atoms with E-state index in [0.717, 1.165) is 18.4 Å². The van der Waals surface area contributed by atoms with Gasteiger partial charge in [-0.1, -0.05) is 77.8 Å². The number of hydrogen-bond acceptors (Lipinski definition) is 6. The maximum absolute atomic E-state index is 14.2. The molecule has 2 aliphatic rings. The van der Waals surface area contributed by atoms with Gasteiger partial charge in [-0.05, 0) is 55.4 Å². The summed E-state index contributed by atoms with van der Waals surface area (Å²) in [6.45, 7) is 13.8. The van der Waals surface area contributed by atoms with Crippen LogP contribution in [0, 0.1) is 23.2 Å². The van der Waals surface area contributed by atoms with Gasteiger partial charge in [-0.3, -0.25) is 19.2 Å². The molecule has 0 spiro atoms. The van der Waals surface area contributed by atoms with Crippen molar-refractivity contribution in [2.75, 3.05) is 6.54 Å². The highest BCUT2D eigenvalue weighted by atomic mass is 32.2. The van der Waals surface area contributed by atoms with E-state index in [4.69, 9.17) is 5.73 Å². The van der Waals surface area contributed by atoms with Crippen LogP contribution in [0.15, 0.2) is 30.3 Å². The number of nitrogens with one attached hydrogen (secondary N) is 3. The Morgan fingerprint density at radius 2 is 1.60 bits per heavy atom. The van der Waals surface area contributed by atoms with Crippen LogP contribution in [0.2, 0.25) is 0 Å². The highest BCUT2D eigenvalue weighted by Crippen LogP contribution is 2.36. The fourth-order valence-electron chi connectivity index (χ4n) is 5.57. The number of nitrogens with zero attached hydrogens (tertiary/aromatic N) is 1. The molecule has 4 atom stereocenters. The maximum Gasteiger partial charge on any atom is 0.316 e. The molecule has 2 unspecified atom stereocenters. The van der Waals surface area contributed by atoms with Gasteiger partial charge in [-0.15, -0.1) is 11.8 Å². The Morgan fingerprint density at radius 3 is 2.14 bits per heavy atom. The van der Waals surface area contributed by atoms with E-state index in [2.05, 4.69) is 16.0 Å². The van der Waals surface area contributed by atoms with Crippen LogP contribution in [0.1, 0.15) is 79.7 Å². The van der Waals surface area contributed by atoms with Gasteiger partial charge in [0.05, 0.1) is 10.9 Å². The Kier molecular flexibility index (Phi) is 11.3. The van der Waals surface area contributed by atoms with Gasteiger partial charge in [0, 0.05) is 12.3 Å². The van der Waals surface area contributed by atoms with Crippen LogP contribution in [0.5, 0.6) is 0 Å². The number of benzene rings is 1. The van der Waals surface area contributed by atoms with Crippen molar-refractivity contribution in [3.05, 3.63) is 35.9 Å². The monoisotopic (exact) mass is 615 g/mol. The molecule has 0 aromatic heterocycles. The van der Waals surface area contributed by atoms with E-state index in [1.807, 2.05) is 78.8 Å². The number of thioether (sulfide) groups is 1. The number of hydrogen-bond donors (Lipinski definition) is 4. The van der Waals surface area contributed by atoms with Gasteiger partial charge in [-0.25, -0.2) is 4.79 Å². The zero-order valence-corrected chi connectivity index (χ0v) is 27.4. The molecule has 1 saturated heterocycles. The second-order valence-corrected chi connectivity index (χ2v) is 15.4. The fraction of sp³-hybridized carbons (Fsp3) is 0.656. The second-order valence-electron chi connectivity index (χ2n) is 13.8. The number of ketones is 1. The minimum absolute atomic E-state index is 0.0778. The zero-order chi connectivity index (χ0) is 32.1. The predicted molar refractivity (Wildman–Crippen MR) is 169 cm³/mol. The smallest absolute Gasteiger partial charge is 0.316 e. The van der Waals surface area contributed by atoms with E-state index < -0.39 is 52.0 Å². The first kappa shape index (κ1) is 34.4. The van der Waals surface area contributed by atoms with Crippen LogP contribution >= 0.6 is 11.8 Å². The predicted octanol–water partition coefficient (Wildman–Crippen LogP) is 3.58. The van der Waals surface area contributed by atoms with E-state index in [0.29, 0.717) is 25.1 Å². The molecule has 11 heteroatoms. The third-order valence-electron chi connectivity index (χ3n) is 8.24. The average molecular weight is 616 g/mol. The minimum atomic E-state index is -1.08. The van der Waals surface area contributed by atoms with Crippen LogP contribution in [-0.2, 0) is 24.9 Å². The Balaban J connectivity index is 1.76. The molecule has 10 nitrogen and oxygen atoms in total. The van der Waals surface area contributed by atoms with Crippen molar-refractivity contribution in [1.29, 1.82) is 0 Å². The summed E-state index contributed by atoms with van der Waals surface area (Å²) in [5.74, 6) is -1.85. The first-order chi connectivity index (χ1) is 20.0. The topological polar surface area (TPSA) is 151 Å². The Morgan fingerprint density at radius 1 is 0.977 bits per heavy atom. The molecule has 1 saturated carbocycles. The summed E-state index contributed by atoms with van der Waals surface area (Å²) in [5, 5.41) is 8.66. The number of carbonyl (C=O) groups excluding carboxylic acids is 5. The molecule has 0 bridgehead atoms. The summed E-state index contributed by atoms with van der Waals surface area (Å²) in [5.41, 5.74) is 5.76. The molecule has 1 aromatic rings. The number of Topliss-reactive ketones (excluding diaryl/α,β-unsaturated/α-hetero) is 1. The van der Waals surface area contributed by atoms with Gasteiger partial charge >= 0.3 is 6.03 Å². The van der Waals surface area contributed by atoms with Gasteiger partial charge in [0.1, 0.15) is 12.1 Å². The first-order valence-corrected chi connectivity index (χ1v) is 16.2. The third-order valence-corrected chi connectivity index (χ3v) is 9.54. The highest BCUT2D eigenvalue weighted by molar-refractivity contribution is 7.99. The third kappa shape index (κ3) is 9.71. The lowest BCUT2D eigenvalue weighted by molar-refractivity contribution is -0.144. The largest absolute Gasteiger partial charge is 0.363 e. The van der Waals surface area contributed by atoms with Crippen LogP contribution in [0.25, 0.3) is 0 Å². The van der Waals surface area contributed by atoms with E-state index in [1.54, 1.807) is 11.8 Å². The standard InChI is InChI=1S/C32H49N5O5S/c1-19(2)22-15-16-37(24(22)28(40)34-23(17-20-13-14-20)25(38)27(33)39)29(41)26(31(3,4)5)35-30(42)36-32(6,7)43-18-21-11-9-8-10-12-21/h8-12,19-20,22-24,26H,13-18H2,1-7H3,(H2,33,39)(H,34,40)(H2,35,36,42)/t22?,23?,24-,26+/m0/s1. The molecule has 1 aliphatic heterocycles. The Labute approximate surface area is 260 Å². The summed E-state index contributed by atoms with van der Waals surface area (Å²) in [6.07, 6.45) is 2.82. The summed E-state index contributed by atoms with van der Waals surface area (Å²) in [4.78, 5) is 66.4. The summed E-state index contributed by atoms with van der Waals surface area (Å²) in [6, 6.07) is 6.71. The number of primary amides is 1. The van der Waals surface area contributed by atoms with Crippen molar-refractivity contribution in [2.24, 2.45) is 28.9 Å². The van der Waals surface area contributed by atoms with E-state index in [9.17, 15) is 24.0 Å². The number of urea groups is 1. The van der Waals surface area contributed by atoms with Crippen molar-refractivity contribution in [1.82, 2.24) is 20.9 Å². The van der Waals surface area contributed by atoms with Gasteiger partial charge in [0.25, 0.3) is 5.91 Å². The Bertz CT molecular complexity index is 1180. The maximum atomic E-state index is 14.2. The molecule has 2 fully saturated rings. The lowest BCUT2D eigenvalue weighted by Crippen LogP contribution is -2.61. The van der Waals surface area contributed by atoms with E-state index in [1.165, 1.54) is 4.90 Å². The number of rotatable bonds is 13. The molecule has 1 aromatic carbocycles. The first-order valence-electron chi connectivity index (χ1n) is 15.2. The fourth-order valence-corrected chi connectivity index (χ4v) is 6.46. The average Bonchev–Trinajstić information content (AvgIpc) is 3.62. The van der Waals surface area contributed by atoms with Crippen molar-refractivity contribution >= 4 is 41.3 Å². The molecule has 1 aliphatic carbocycles. The molecule has 238 valence electrons. The normalized spacial score (nSPS) is 20.3. The molecular formula is C32H49N5O5S. The van der Waals surface area contributed by atoms with Gasteiger partial charge in [0.15, 0.2) is 0 Å². The zero-order valence-electron chi connectivity index (χ0n) is 26.6. The second kappa shape index (κ2) is 14.1. The summed E-state index contributed by atoms with van der Waals surface area (Å²) >= 11 is 1.57. The van der Waals surface area contributed by atoms with Crippen molar-refractivity contribution < 1.29 is 24.0 Å². The van der Waals surface area contributed by atoms with Gasteiger partial charge < -0.3 is 26.6 Å². The highest BCUT2D eigenvalue weighted by Gasteiger charge is 2.48.